The molecule has 0 aromatic rings. The molecule has 2 atom stereocenters. The Morgan fingerprint density at radius 2 is 1.94 bits per heavy atom. The van der Waals surface area contributed by atoms with Gasteiger partial charge in [-0.2, -0.15) is 0 Å². The lowest BCUT2D eigenvalue weighted by Crippen LogP contribution is -2.52. The van der Waals surface area contributed by atoms with E-state index in [1.165, 1.54) is 0 Å². The fourth-order valence-corrected chi connectivity index (χ4v) is 4.52. The highest BCUT2D eigenvalue weighted by molar-refractivity contribution is 7.91. The molecule has 0 saturated carbocycles. The van der Waals surface area contributed by atoms with Gasteiger partial charge < -0.3 is 10.4 Å². The van der Waals surface area contributed by atoms with Crippen LogP contribution in [-0.4, -0.2) is 43.7 Å². The van der Waals surface area contributed by atoms with Crippen LogP contribution in [0.25, 0.3) is 0 Å². The topological polar surface area (TPSA) is 66.4 Å². The first-order valence-corrected chi connectivity index (χ1v) is 7.86. The molecule has 0 aliphatic carbocycles. The van der Waals surface area contributed by atoms with E-state index in [9.17, 15) is 13.5 Å². The maximum absolute atomic E-state index is 11.4. The summed E-state index contributed by atoms with van der Waals surface area (Å²) in [7, 11) is -2.79. The number of hydrogen-bond donors (Lipinski definition) is 2. The first-order valence-electron chi connectivity index (χ1n) is 6.04. The Bertz CT molecular complexity index is 336. The highest BCUT2D eigenvalue weighted by atomic mass is 32.2. The van der Waals surface area contributed by atoms with Gasteiger partial charge >= 0.3 is 0 Å². The average Bonchev–Trinajstić information content (AvgIpc) is 2.18. The molecule has 0 aromatic carbocycles. The summed E-state index contributed by atoms with van der Waals surface area (Å²) in [5.74, 6) is 1.15. The Hall–Kier alpha value is -0.130. The van der Waals surface area contributed by atoms with Crippen molar-refractivity contribution in [2.75, 3.05) is 24.6 Å². The predicted molar refractivity (Wildman–Crippen MR) is 63.0 cm³/mol. The minimum Gasteiger partial charge on any atom is -0.390 e. The Balaban J connectivity index is 2.02. The Morgan fingerprint density at radius 1 is 1.31 bits per heavy atom. The molecule has 94 valence electrons. The third-order valence-electron chi connectivity index (χ3n) is 4.14. The number of sulfone groups is 1. The molecule has 2 saturated heterocycles. The summed E-state index contributed by atoms with van der Waals surface area (Å²) in [4.78, 5) is 0. The molecule has 2 aliphatic heterocycles. The van der Waals surface area contributed by atoms with Gasteiger partial charge in [0.2, 0.25) is 0 Å². The van der Waals surface area contributed by atoms with Crippen molar-refractivity contribution in [1.82, 2.24) is 5.32 Å². The van der Waals surface area contributed by atoms with Gasteiger partial charge in [-0.3, -0.25) is 0 Å². The Kier molecular flexibility index (Phi) is 3.29. The highest BCUT2D eigenvalue weighted by Gasteiger charge is 2.41. The standard InChI is InChI=1S/C11H21NO3S/c1-11(13)4-5-12-8-10(11)9-2-6-16(14,15)7-3-9/h9-10,12-13H,2-8H2,1H3. The van der Waals surface area contributed by atoms with Crippen molar-refractivity contribution in [1.29, 1.82) is 0 Å². The molecule has 2 fully saturated rings. The molecule has 4 nitrogen and oxygen atoms in total. The van der Waals surface area contributed by atoms with Gasteiger partial charge in [0.15, 0.2) is 0 Å². The Morgan fingerprint density at radius 3 is 2.50 bits per heavy atom. The average molecular weight is 247 g/mol. The van der Waals surface area contributed by atoms with E-state index in [0.29, 0.717) is 30.3 Å². The van der Waals surface area contributed by atoms with Gasteiger partial charge in [-0.15, -0.1) is 0 Å². The van der Waals surface area contributed by atoms with Gasteiger partial charge in [0.1, 0.15) is 9.84 Å². The molecule has 0 spiro atoms. The van der Waals surface area contributed by atoms with Crippen LogP contribution in [0, 0.1) is 11.8 Å². The number of piperidine rings is 1. The molecule has 16 heavy (non-hydrogen) atoms. The first-order chi connectivity index (χ1) is 7.41. The molecular weight excluding hydrogens is 226 g/mol. The van der Waals surface area contributed by atoms with Crippen LogP contribution in [0.15, 0.2) is 0 Å². The molecule has 0 aromatic heterocycles. The summed E-state index contributed by atoms with van der Waals surface area (Å²) in [5.41, 5.74) is -0.628. The smallest absolute Gasteiger partial charge is 0.150 e. The molecule has 5 heteroatoms. The predicted octanol–water partition coefficient (Wildman–Crippen LogP) is 0.172. The summed E-state index contributed by atoms with van der Waals surface area (Å²) in [5, 5.41) is 13.6. The van der Waals surface area contributed by atoms with E-state index in [4.69, 9.17) is 0 Å². The van der Waals surface area contributed by atoms with Crippen molar-refractivity contribution < 1.29 is 13.5 Å². The molecule has 2 unspecified atom stereocenters. The van der Waals surface area contributed by atoms with E-state index in [0.717, 1.165) is 19.5 Å². The van der Waals surface area contributed by atoms with Crippen LogP contribution < -0.4 is 5.32 Å². The second-order valence-electron chi connectivity index (χ2n) is 5.41. The summed E-state index contributed by atoms with van der Waals surface area (Å²) in [6.45, 7) is 3.56. The van der Waals surface area contributed by atoms with Crippen molar-refractivity contribution in [3.8, 4) is 0 Å². The van der Waals surface area contributed by atoms with E-state index in [1.54, 1.807) is 0 Å². The van der Waals surface area contributed by atoms with Gasteiger partial charge in [-0.25, -0.2) is 8.42 Å². The summed E-state index contributed by atoms with van der Waals surface area (Å²) >= 11 is 0. The third kappa shape index (κ3) is 2.57. The van der Waals surface area contributed by atoms with E-state index in [2.05, 4.69) is 5.32 Å². The number of aliphatic hydroxyl groups is 1. The SMILES string of the molecule is CC1(O)CCNCC1C1CCS(=O)(=O)CC1. The monoisotopic (exact) mass is 247 g/mol. The Labute approximate surface area is 97.3 Å². The van der Waals surface area contributed by atoms with Crippen LogP contribution in [0.3, 0.4) is 0 Å². The maximum Gasteiger partial charge on any atom is 0.150 e. The van der Waals surface area contributed by atoms with E-state index < -0.39 is 15.4 Å². The molecule has 0 bridgehead atoms. The molecule has 2 aliphatic rings. The van der Waals surface area contributed by atoms with E-state index in [-0.39, 0.29) is 5.92 Å². The first kappa shape index (κ1) is 12.3. The second kappa shape index (κ2) is 4.27. The lowest BCUT2D eigenvalue weighted by molar-refractivity contribution is -0.0496. The summed E-state index contributed by atoms with van der Waals surface area (Å²) in [6, 6.07) is 0. The van der Waals surface area contributed by atoms with Crippen LogP contribution >= 0.6 is 0 Å². The van der Waals surface area contributed by atoms with Crippen LogP contribution in [0.5, 0.6) is 0 Å². The van der Waals surface area contributed by atoms with Gasteiger partial charge in [0.05, 0.1) is 17.1 Å². The quantitative estimate of drug-likeness (QED) is 0.693. The summed E-state index contributed by atoms with van der Waals surface area (Å²) < 4.78 is 22.7. The molecule has 0 amide bonds. The van der Waals surface area contributed by atoms with E-state index in [1.807, 2.05) is 6.92 Å². The number of nitrogens with one attached hydrogen (secondary N) is 1. The van der Waals surface area contributed by atoms with Gasteiger partial charge in [-0.05, 0) is 38.6 Å². The van der Waals surface area contributed by atoms with Gasteiger partial charge in [0, 0.05) is 12.5 Å². The normalized spacial score (nSPS) is 40.8. The summed E-state index contributed by atoms with van der Waals surface area (Å²) in [6.07, 6.45) is 2.19. The molecule has 2 heterocycles. The van der Waals surface area contributed by atoms with Crippen molar-refractivity contribution in [2.24, 2.45) is 11.8 Å². The van der Waals surface area contributed by atoms with Crippen molar-refractivity contribution >= 4 is 9.84 Å². The maximum atomic E-state index is 11.4. The molecule has 0 radical (unpaired) electrons. The largest absolute Gasteiger partial charge is 0.390 e. The van der Waals surface area contributed by atoms with Crippen molar-refractivity contribution in [3.05, 3.63) is 0 Å². The third-order valence-corrected chi connectivity index (χ3v) is 5.85. The van der Waals surface area contributed by atoms with Gasteiger partial charge in [0.25, 0.3) is 0 Å². The lowest BCUT2D eigenvalue weighted by atomic mass is 9.73. The molecular formula is C11H21NO3S. The van der Waals surface area contributed by atoms with Crippen LogP contribution in [0.4, 0.5) is 0 Å². The fourth-order valence-electron chi connectivity index (χ4n) is 2.99. The molecule has 2 rings (SSSR count). The van der Waals surface area contributed by atoms with Crippen molar-refractivity contribution in [3.63, 3.8) is 0 Å². The molecule has 2 N–H and O–H groups in total. The number of rotatable bonds is 1. The zero-order valence-corrected chi connectivity index (χ0v) is 10.6. The van der Waals surface area contributed by atoms with E-state index >= 15 is 0 Å². The van der Waals surface area contributed by atoms with Crippen LogP contribution in [0.1, 0.15) is 26.2 Å². The van der Waals surface area contributed by atoms with Gasteiger partial charge in [-0.1, -0.05) is 0 Å². The van der Waals surface area contributed by atoms with Crippen molar-refractivity contribution in [2.45, 2.75) is 31.8 Å². The zero-order chi connectivity index (χ0) is 11.8. The fraction of sp³-hybridized carbons (Fsp3) is 1.00. The zero-order valence-electron chi connectivity index (χ0n) is 9.78. The second-order valence-corrected chi connectivity index (χ2v) is 7.71. The minimum atomic E-state index is -2.79. The van der Waals surface area contributed by atoms with Crippen LogP contribution in [0.2, 0.25) is 0 Å². The lowest BCUT2D eigenvalue weighted by Gasteiger charge is -2.43. The number of hydrogen-bond acceptors (Lipinski definition) is 4. The highest BCUT2D eigenvalue weighted by Crippen LogP contribution is 2.36. The van der Waals surface area contributed by atoms with Crippen LogP contribution in [-0.2, 0) is 9.84 Å². The minimum absolute atomic E-state index is 0.205.